The summed E-state index contributed by atoms with van der Waals surface area (Å²) in [5, 5.41) is 9.82. The first kappa shape index (κ1) is 17.9. The number of anilines is 1. The highest BCUT2D eigenvalue weighted by Crippen LogP contribution is 2.35. The Morgan fingerprint density at radius 1 is 1.32 bits per heavy atom. The van der Waals surface area contributed by atoms with Gasteiger partial charge in [-0.2, -0.15) is 0 Å². The van der Waals surface area contributed by atoms with Gasteiger partial charge in [0.25, 0.3) is 5.91 Å². The second-order valence-electron chi connectivity index (χ2n) is 6.78. The molecule has 2 aliphatic rings. The maximum Gasteiger partial charge on any atom is 0.254 e. The summed E-state index contributed by atoms with van der Waals surface area (Å²) < 4.78 is 5.92. The van der Waals surface area contributed by atoms with Crippen molar-refractivity contribution >= 4 is 23.2 Å². The molecule has 1 atom stereocenters. The van der Waals surface area contributed by atoms with Crippen LogP contribution < -0.4 is 4.90 Å². The topological polar surface area (TPSA) is 49.8 Å². The van der Waals surface area contributed by atoms with Crippen molar-refractivity contribution in [2.45, 2.75) is 39.5 Å². The van der Waals surface area contributed by atoms with Crippen molar-refractivity contribution in [1.82, 2.24) is 0 Å². The van der Waals surface area contributed by atoms with Gasteiger partial charge >= 0.3 is 0 Å². The van der Waals surface area contributed by atoms with Crippen LogP contribution >= 0.6 is 11.6 Å². The fourth-order valence-corrected chi connectivity index (χ4v) is 3.29. The molecule has 0 bridgehead atoms. The lowest BCUT2D eigenvalue weighted by Gasteiger charge is -2.32. The normalized spacial score (nSPS) is 18.8. The fourth-order valence-electron chi connectivity index (χ4n) is 3.12. The van der Waals surface area contributed by atoms with Crippen LogP contribution in [-0.2, 0) is 9.53 Å². The Bertz CT molecular complexity index is 738. The van der Waals surface area contributed by atoms with Crippen molar-refractivity contribution < 1.29 is 14.6 Å². The third-order valence-electron chi connectivity index (χ3n) is 4.95. The molecule has 0 spiro atoms. The van der Waals surface area contributed by atoms with Gasteiger partial charge in [0, 0.05) is 24.2 Å². The molecule has 3 rings (SSSR count). The second-order valence-corrected chi connectivity index (χ2v) is 7.19. The Hall–Kier alpha value is -1.94. The number of rotatable bonds is 5. The first-order chi connectivity index (χ1) is 12.0. The Morgan fingerprint density at radius 3 is 2.84 bits per heavy atom. The molecule has 1 heterocycles. The lowest BCUT2D eigenvalue weighted by atomic mass is 9.90. The van der Waals surface area contributed by atoms with Gasteiger partial charge in [-0.05, 0) is 48.6 Å². The standard InChI is InChI=1S/C20H24ClNO3/c1-3-13(2)12-25-16-5-6-17-14(10-16)8-9-22(20(17)24)15-4-7-19(23)18(21)11-15/h4,7,10-11,13,23H,3,5-6,8-9,12H2,1-2H3. The predicted octanol–water partition coefficient (Wildman–Crippen LogP) is 4.82. The molecule has 134 valence electrons. The molecule has 4 nitrogen and oxygen atoms in total. The maximum atomic E-state index is 12.9. The van der Waals surface area contributed by atoms with E-state index in [1.165, 1.54) is 6.07 Å². The molecule has 0 saturated carbocycles. The van der Waals surface area contributed by atoms with Crippen LogP contribution in [0.1, 0.15) is 39.5 Å². The van der Waals surface area contributed by atoms with Crippen LogP contribution in [0, 0.1) is 5.92 Å². The smallest absolute Gasteiger partial charge is 0.254 e. The lowest BCUT2D eigenvalue weighted by Crippen LogP contribution is -2.38. The summed E-state index contributed by atoms with van der Waals surface area (Å²) in [6.45, 7) is 5.68. The van der Waals surface area contributed by atoms with Gasteiger partial charge in [0.05, 0.1) is 17.4 Å². The van der Waals surface area contributed by atoms with E-state index >= 15 is 0 Å². The third kappa shape index (κ3) is 3.84. The van der Waals surface area contributed by atoms with Gasteiger partial charge in [-0.1, -0.05) is 31.9 Å². The minimum atomic E-state index is 0.0264. The van der Waals surface area contributed by atoms with Crippen molar-refractivity contribution in [3.8, 4) is 5.75 Å². The average Bonchev–Trinajstić information content (AvgIpc) is 2.62. The molecule has 1 aliphatic heterocycles. The maximum absolute atomic E-state index is 12.9. The summed E-state index contributed by atoms with van der Waals surface area (Å²) in [5.74, 6) is 1.59. The zero-order valence-electron chi connectivity index (χ0n) is 14.7. The summed E-state index contributed by atoms with van der Waals surface area (Å²) in [4.78, 5) is 14.6. The highest BCUT2D eigenvalue weighted by atomic mass is 35.5. The number of hydrogen-bond acceptors (Lipinski definition) is 3. The predicted molar refractivity (Wildman–Crippen MR) is 99.8 cm³/mol. The molecule has 0 aromatic heterocycles. The Morgan fingerprint density at radius 2 is 2.12 bits per heavy atom. The summed E-state index contributed by atoms with van der Waals surface area (Å²) in [6, 6.07) is 4.89. The molecular formula is C20H24ClNO3. The number of allylic oxidation sites excluding steroid dienone is 2. The minimum Gasteiger partial charge on any atom is -0.506 e. The Kier molecular flexibility index (Phi) is 5.38. The van der Waals surface area contributed by atoms with E-state index < -0.39 is 0 Å². The number of phenols is 1. The summed E-state index contributed by atoms with van der Waals surface area (Å²) >= 11 is 5.98. The van der Waals surface area contributed by atoms with Crippen LogP contribution in [0.15, 0.2) is 41.2 Å². The van der Waals surface area contributed by atoms with Gasteiger partial charge in [-0.15, -0.1) is 0 Å². The Balaban J connectivity index is 1.76. The molecular weight excluding hydrogens is 338 g/mol. The molecule has 1 aromatic rings. The molecule has 1 N–H and O–H groups in total. The van der Waals surface area contributed by atoms with Crippen LogP contribution in [-0.4, -0.2) is 24.2 Å². The minimum absolute atomic E-state index is 0.0264. The second kappa shape index (κ2) is 7.52. The monoisotopic (exact) mass is 361 g/mol. The van der Waals surface area contributed by atoms with Crippen LogP contribution in [0.5, 0.6) is 5.75 Å². The molecule has 0 fully saturated rings. The van der Waals surface area contributed by atoms with Gasteiger partial charge in [-0.25, -0.2) is 0 Å². The fraction of sp³-hybridized carbons (Fsp3) is 0.450. The van der Waals surface area contributed by atoms with Crippen LogP contribution in [0.25, 0.3) is 0 Å². The number of nitrogens with zero attached hydrogens (tertiary/aromatic N) is 1. The Labute approximate surface area is 153 Å². The number of aromatic hydroxyl groups is 1. The number of ether oxygens (including phenoxy) is 1. The van der Waals surface area contributed by atoms with E-state index in [0.29, 0.717) is 18.9 Å². The van der Waals surface area contributed by atoms with Crippen LogP contribution in [0.4, 0.5) is 5.69 Å². The molecule has 1 amide bonds. The number of amides is 1. The van der Waals surface area contributed by atoms with Gasteiger partial charge in [0.1, 0.15) is 5.75 Å². The molecule has 0 saturated heterocycles. The zero-order chi connectivity index (χ0) is 18.0. The number of carbonyl (C=O) groups excluding carboxylic acids is 1. The highest BCUT2D eigenvalue weighted by Gasteiger charge is 2.30. The largest absolute Gasteiger partial charge is 0.506 e. The van der Waals surface area contributed by atoms with Crippen molar-refractivity contribution in [1.29, 1.82) is 0 Å². The van der Waals surface area contributed by atoms with E-state index in [2.05, 4.69) is 19.9 Å². The quantitative estimate of drug-likeness (QED) is 0.818. The molecule has 25 heavy (non-hydrogen) atoms. The third-order valence-corrected chi connectivity index (χ3v) is 5.25. The van der Waals surface area contributed by atoms with Crippen LogP contribution in [0.3, 0.4) is 0 Å². The summed E-state index contributed by atoms with van der Waals surface area (Å²) in [7, 11) is 0. The van der Waals surface area contributed by atoms with Crippen molar-refractivity contribution in [3.63, 3.8) is 0 Å². The van der Waals surface area contributed by atoms with E-state index in [0.717, 1.165) is 48.5 Å². The van der Waals surface area contributed by atoms with Gasteiger partial charge in [0.15, 0.2) is 0 Å². The average molecular weight is 362 g/mol. The molecule has 0 radical (unpaired) electrons. The van der Waals surface area contributed by atoms with Gasteiger partial charge in [0.2, 0.25) is 0 Å². The lowest BCUT2D eigenvalue weighted by molar-refractivity contribution is -0.115. The number of phenolic OH excluding ortho intramolecular Hbond substituents is 1. The van der Waals surface area contributed by atoms with E-state index in [4.69, 9.17) is 16.3 Å². The van der Waals surface area contributed by atoms with E-state index in [1.54, 1.807) is 17.0 Å². The summed E-state index contributed by atoms with van der Waals surface area (Å²) in [6.07, 6.45) is 5.44. The van der Waals surface area contributed by atoms with E-state index in [9.17, 15) is 9.90 Å². The molecule has 1 unspecified atom stereocenters. The van der Waals surface area contributed by atoms with Gasteiger partial charge < -0.3 is 14.7 Å². The molecule has 1 aromatic carbocycles. The van der Waals surface area contributed by atoms with E-state index in [1.807, 2.05) is 0 Å². The number of carbonyl (C=O) groups is 1. The number of benzene rings is 1. The van der Waals surface area contributed by atoms with Crippen molar-refractivity contribution in [2.75, 3.05) is 18.1 Å². The van der Waals surface area contributed by atoms with E-state index in [-0.39, 0.29) is 16.7 Å². The number of hydrogen-bond donors (Lipinski definition) is 1. The van der Waals surface area contributed by atoms with Crippen LogP contribution in [0.2, 0.25) is 5.02 Å². The first-order valence-corrected chi connectivity index (χ1v) is 9.23. The SMILES string of the molecule is CCC(C)COC1=CC2=C(CC1)C(=O)N(c1ccc(O)c(Cl)c1)CC2. The zero-order valence-corrected chi connectivity index (χ0v) is 15.5. The van der Waals surface area contributed by atoms with Crippen molar-refractivity contribution in [2.24, 2.45) is 5.92 Å². The molecule has 5 heteroatoms. The molecule has 1 aliphatic carbocycles. The number of halogens is 1. The summed E-state index contributed by atoms with van der Waals surface area (Å²) in [5.41, 5.74) is 2.69. The first-order valence-electron chi connectivity index (χ1n) is 8.85. The van der Waals surface area contributed by atoms with Crippen molar-refractivity contribution in [3.05, 3.63) is 46.2 Å². The highest BCUT2D eigenvalue weighted by molar-refractivity contribution is 6.32. The van der Waals surface area contributed by atoms with Gasteiger partial charge in [-0.3, -0.25) is 4.79 Å².